The number of fused-ring (bicyclic) bond motifs is 7. The molecular weight excluding hydrogens is 506 g/mol. The Labute approximate surface area is 248 Å². The summed E-state index contributed by atoms with van der Waals surface area (Å²) in [6.45, 7) is 19.3. The minimum atomic E-state index is -0.395. The van der Waals surface area contributed by atoms with Crippen molar-refractivity contribution in [1.29, 1.82) is 0 Å². The van der Waals surface area contributed by atoms with Gasteiger partial charge in [0.2, 0.25) is 5.91 Å². The molecule has 4 nitrogen and oxygen atoms in total. The highest BCUT2D eigenvalue weighted by Gasteiger charge is 2.71. The van der Waals surface area contributed by atoms with Crippen LogP contribution >= 0.6 is 0 Å². The van der Waals surface area contributed by atoms with Gasteiger partial charge in [0.1, 0.15) is 6.61 Å². The van der Waals surface area contributed by atoms with E-state index in [1.807, 2.05) is 30.3 Å². The van der Waals surface area contributed by atoms with Crippen LogP contribution in [-0.4, -0.2) is 17.4 Å². The highest BCUT2D eigenvalue weighted by molar-refractivity contribution is 5.78. The van der Waals surface area contributed by atoms with E-state index in [4.69, 9.17) is 4.74 Å². The van der Waals surface area contributed by atoms with Gasteiger partial charge in [0.25, 0.3) is 0 Å². The summed E-state index contributed by atoms with van der Waals surface area (Å²) in [5, 5.41) is 3.41. The van der Waals surface area contributed by atoms with E-state index in [1.54, 1.807) is 0 Å². The average molecular weight is 560 g/mol. The molecule has 0 bridgehead atoms. The van der Waals surface area contributed by atoms with E-state index in [0.29, 0.717) is 42.6 Å². The lowest BCUT2D eigenvalue weighted by atomic mass is 9.33. The summed E-state index contributed by atoms with van der Waals surface area (Å²) in [7, 11) is 0. The zero-order valence-electron chi connectivity index (χ0n) is 26.5. The maximum absolute atomic E-state index is 14.2. The summed E-state index contributed by atoms with van der Waals surface area (Å²) in [6, 6.07) is 10.1. The third kappa shape index (κ3) is 4.12. The number of hydrogen-bond acceptors (Lipinski definition) is 3. The van der Waals surface area contributed by atoms with Gasteiger partial charge in [-0.3, -0.25) is 9.59 Å². The predicted molar refractivity (Wildman–Crippen MR) is 164 cm³/mol. The minimum absolute atomic E-state index is 0.0372. The third-order valence-corrected chi connectivity index (χ3v) is 14.2. The van der Waals surface area contributed by atoms with Gasteiger partial charge in [-0.25, -0.2) is 0 Å². The first-order chi connectivity index (χ1) is 19.3. The van der Waals surface area contributed by atoms with Crippen LogP contribution in [0.25, 0.3) is 0 Å². The van der Waals surface area contributed by atoms with Gasteiger partial charge in [-0.05, 0) is 130 Å². The Kier molecular flexibility index (Phi) is 6.87. The second-order valence-electron chi connectivity index (χ2n) is 16.2. The Morgan fingerprint density at radius 2 is 1.63 bits per heavy atom. The highest BCUT2D eigenvalue weighted by atomic mass is 16.5. The van der Waals surface area contributed by atoms with Gasteiger partial charge >= 0.3 is 5.97 Å². The molecule has 0 unspecified atom stereocenters. The molecule has 1 saturated heterocycles. The van der Waals surface area contributed by atoms with Gasteiger partial charge < -0.3 is 10.1 Å². The maximum Gasteiger partial charge on any atom is 0.312 e. The average Bonchev–Trinajstić information content (AvgIpc) is 3.29. The molecular formula is C37H53NO3. The fraction of sp³-hybridized carbons (Fsp3) is 0.730. The lowest BCUT2D eigenvalue weighted by Crippen LogP contribution is -2.66. The van der Waals surface area contributed by atoms with E-state index in [9.17, 15) is 9.59 Å². The molecule has 5 fully saturated rings. The molecule has 9 atom stereocenters. The Balaban J connectivity index is 1.35. The van der Waals surface area contributed by atoms with Gasteiger partial charge in [-0.2, -0.15) is 0 Å². The van der Waals surface area contributed by atoms with Crippen LogP contribution in [0.1, 0.15) is 111 Å². The van der Waals surface area contributed by atoms with Gasteiger partial charge in [0, 0.05) is 12.0 Å². The molecule has 224 valence electrons. The molecule has 4 heteroatoms. The zero-order valence-corrected chi connectivity index (χ0v) is 26.5. The number of nitrogens with one attached hydrogen (secondary N) is 1. The van der Waals surface area contributed by atoms with Gasteiger partial charge in [0.15, 0.2) is 0 Å². The number of esters is 1. The highest BCUT2D eigenvalue weighted by Crippen LogP contribution is 2.76. The lowest BCUT2D eigenvalue weighted by Gasteiger charge is -2.71. The van der Waals surface area contributed by atoms with Gasteiger partial charge in [-0.15, -0.1) is 0 Å². The molecule has 5 aliphatic rings. The second-order valence-corrected chi connectivity index (χ2v) is 16.2. The normalized spacial score (nSPS) is 44.7. The summed E-state index contributed by atoms with van der Waals surface area (Å²) < 4.78 is 6.17. The Bertz CT molecular complexity index is 1220. The molecule has 0 spiro atoms. The number of hydrogen-bond donors (Lipinski definition) is 1. The van der Waals surface area contributed by atoms with Crippen LogP contribution in [0.15, 0.2) is 42.5 Å². The third-order valence-electron chi connectivity index (χ3n) is 14.2. The molecule has 6 rings (SSSR count). The maximum atomic E-state index is 14.2. The standard InChI is InChI=1S/C37H53NO3/c1-24(2)26-15-20-37(32(40)41-23-25-11-9-8-10-12-25)22-21-35(6)27(31(26)37)13-14-29-34(5)18-17-30(39)38-33(3,4)28(34)16-19-36(29,35)7/h8-12,26-29,31H,1,13-23H2,2-7H3,(H,38,39)/t26-,27+,28-,29+,31+,34-,35+,36+,37-/m0/s1. The summed E-state index contributed by atoms with van der Waals surface area (Å²) in [6.07, 6.45) is 10.4. The molecule has 0 radical (unpaired) electrons. The van der Waals surface area contributed by atoms with Crippen molar-refractivity contribution in [2.45, 2.75) is 118 Å². The van der Waals surface area contributed by atoms with Crippen LogP contribution in [0.2, 0.25) is 0 Å². The van der Waals surface area contributed by atoms with E-state index in [-0.39, 0.29) is 33.7 Å². The predicted octanol–water partition coefficient (Wildman–Crippen LogP) is 8.26. The van der Waals surface area contributed by atoms with Crippen molar-refractivity contribution < 1.29 is 14.3 Å². The Morgan fingerprint density at radius 3 is 2.34 bits per heavy atom. The number of benzene rings is 1. The first kappa shape index (κ1) is 29.0. The molecule has 1 aromatic rings. The SMILES string of the molecule is C=C(C)[C@@H]1CC[C@]2(C(=O)OCc3ccccc3)CC[C@]3(C)[C@H](CC[C@@H]4[C@@]5(C)CCC(=O)NC(C)(C)[C@@H]5CC[C@]43C)[C@@H]12. The summed E-state index contributed by atoms with van der Waals surface area (Å²) in [4.78, 5) is 27.0. The Hall–Kier alpha value is -2.10. The fourth-order valence-electron chi connectivity index (χ4n) is 12.2. The molecule has 1 aromatic carbocycles. The molecule has 4 aliphatic carbocycles. The molecule has 4 saturated carbocycles. The van der Waals surface area contributed by atoms with E-state index in [2.05, 4.69) is 53.4 Å². The van der Waals surface area contributed by atoms with Crippen molar-refractivity contribution in [3.63, 3.8) is 0 Å². The van der Waals surface area contributed by atoms with Crippen molar-refractivity contribution in [1.82, 2.24) is 5.32 Å². The number of carbonyl (C=O) groups excluding carboxylic acids is 2. The number of allylic oxidation sites excluding steroid dienone is 1. The van der Waals surface area contributed by atoms with Crippen LogP contribution < -0.4 is 5.32 Å². The molecule has 0 aromatic heterocycles. The molecule has 1 aliphatic heterocycles. The van der Waals surface area contributed by atoms with Crippen molar-refractivity contribution in [3.05, 3.63) is 48.0 Å². The largest absolute Gasteiger partial charge is 0.460 e. The summed E-state index contributed by atoms with van der Waals surface area (Å²) >= 11 is 0. The van der Waals surface area contributed by atoms with Crippen LogP contribution in [0.5, 0.6) is 0 Å². The first-order valence-corrected chi connectivity index (χ1v) is 16.5. The quantitative estimate of drug-likeness (QED) is 0.298. The first-order valence-electron chi connectivity index (χ1n) is 16.5. The molecule has 41 heavy (non-hydrogen) atoms. The monoisotopic (exact) mass is 559 g/mol. The van der Waals surface area contributed by atoms with Crippen LogP contribution in [-0.2, 0) is 20.9 Å². The molecule has 1 heterocycles. The smallest absolute Gasteiger partial charge is 0.312 e. The van der Waals surface area contributed by atoms with Crippen LogP contribution in [0, 0.1) is 51.2 Å². The fourth-order valence-corrected chi connectivity index (χ4v) is 12.2. The number of amides is 1. The number of ether oxygens (including phenoxy) is 1. The van der Waals surface area contributed by atoms with Crippen molar-refractivity contribution >= 4 is 11.9 Å². The molecule has 1 amide bonds. The van der Waals surface area contributed by atoms with E-state index in [0.717, 1.165) is 44.1 Å². The second kappa shape index (κ2) is 9.71. The summed E-state index contributed by atoms with van der Waals surface area (Å²) in [5.41, 5.74) is 2.21. The van der Waals surface area contributed by atoms with Crippen molar-refractivity contribution in [2.24, 2.45) is 51.2 Å². The van der Waals surface area contributed by atoms with Crippen molar-refractivity contribution in [2.75, 3.05) is 0 Å². The topological polar surface area (TPSA) is 55.4 Å². The molecule has 1 N–H and O–H groups in total. The number of carbonyl (C=O) groups is 2. The van der Waals surface area contributed by atoms with Gasteiger partial charge in [-0.1, -0.05) is 63.3 Å². The zero-order chi connectivity index (χ0) is 29.4. The Morgan fingerprint density at radius 1 is 0.902 bits per heavy atom. The van der Waals surface area contributed by atoms with E-state index < -0.39 is 5.41 Å². The van der Waals surface area contributed by atoms with E-state index in [1.165, 1.54) is 24.8 Å². The van der Waals surface area contributed by atoms with Crippen LogP contribution in [0.3, 0.4) is 0 Å². The lowest BCUT2D eigenvalue weighted by molar-refractivity contribution is -0.227. The summed E-state index contributed by atoms with van der Waals surface area (Å²) in [5.74, 6) is 2.52. The van der Waals surface area contributed by atoms with E-state index >= 15 is 0 Å². The van der Waals surface area contributed by atoms with Crippen molar-refractivity contribution in [3.8, 4) is 0 Å². The number of rotatable bonds is 4. The minimum Gasteiger partial charge on any atom is -0.460 e. The van der Waals surface area contributed by atoms with Crippen LogP contribution in [0.4, 0.5) is 0 Å². The van der Waals surface area contributed by atoms with Gasteiger partial charge in [0.05, 0.1) is 5.41 Å².